The molecule has 1 saturated carbocycles. The summed E-state index contributed by atoms with van der Waals surface area (Å²) in [5, 5.41) is 2.96. The first kappa shape index (κ1) is 17.8. The molecule has 4 rings (SSSR count). The molecule has 4 heteroatoms. The van der Waals surface area contributed by atoms with Crippen LogP contribution in [0.3, 0.4) is 0 Å². The first-order valence-electron chi connectivity index (χ1n) is 10.5. The van der Waals surface area contributed by atoms with Crippen molar-refractivity contribution in [3.05, 3.63) is 35.4 Å². The molecule has 4 nitrogen and oxygen atoms in total. The molecule has 0 radical (unpaired) electrons. The molecule has 3 aliphatic rings. The molecule has 4 atom stereocenters. The van der Waals surface area contributed by atoms with Crippen molar-refractivity contribution in [2.75, 3.05) is 19.6 Å². The van der Waals surface area contributed by atoms with Gasteiger partial charge in [-0.2, -0.15) is 0 Å². The molecular weight excluding hydrogens is 324 g/mol. The van der Waals surface area contributed by atoms with Gasteiger partial charge in [0.25, 0.3) is 0 Å². The summed E-state index contributed by atoms with van der Waals surface area (Å²) in [7, 11) is 0. The van der Waals surface area contributed by atoms with Gasteiger partial charge in [0, 0.05) is 25.0 Å². The van der Waals surface area contributed by atoms with Crippen LogP contribution in [0.4, 0.5) is 4.79 Å². The van der Waals surface area contributed by atoms with Crippen molar-refractivity contribution >= 4 is 6.09 Å². The van der Waals surface area contributed by atoms with E-state index in [0.717, 1.165) is 25.2 Å². The number of carbonyl (C=O) groups is 1. The van der Waals surface area contributed by atoms with E-state index in [1.807, 2.05) is 0 Å². The Morgan fingerprint density at radius 2 is 2.00 bits per heavy atom. The number of nitrogens with one attached hydrogen (secondary N) is 1. The second-order valence-electron chi connectivity index (χ2n) is 8.35. The van der Waals surface area contributed by atoms with Crippen LogP contribution < -0.4 is 5.32 Å². The smallest absolute Gasteiger partial charge is 0.407 e. The number of hydrogen-bond acceptors (Lipinski definition) is 3. The summed E-state index contributed by atoms with van der Waals surface area (Å²) < 4.78 is 5.87. The molecule has 1 aromatic carbocycles. The van der Waals surface area contributed by atoms with E-state index in [1.165, 1.54) is 49.9 Å². The third kappa shape index (κ3) is 3.90. The molecule has 1 aromatic rings. The average molecular weight is 357 g/mol. The van der Waals surface area contributed by atoms with Crippen molar-refractivity contribution in [1.29, 1.82) is 0 Å². The predicted molar refractivity (Wildman–Crippen MR) is 103 cm³/mol. The Labute approximate surface area is 157 Å². The Bertz CT molecular complexity index is 615. The maximum Gasteiger partial charge on any atom is 0.407 e. The van der Waals surface area contributed by atoms with Crippen molar-refractivity contribution in [2.45, 2.75) is 64.0 Å². The van der Waals surface area contributed by atoms with E-state index >= 15 is 0 Å². The zero-order valence-electron chi connectivity index (χ0n) is 16.0. The van der Waals surface area contributed by atoms with Gasteiger partial charge in [-0.05, 0) is 62.1 Å². The number of nitrogens with zero attached hydrogens (tertiary/aromatic N) is 1. The number of piperidine rings is 2. The summed E-state index contributed by atoms with van der Waals surface area (Å²) in [6, 6.07) is 9.30. The number of rotatable bonds is 5. The SMILES string of the molecule is CCc1ccc(CCNC(=O)O[C@@H]2C[C@H]3C[C@@H]2[C@H]2CCCCN2C3)cc1. The normalized spacial score (nSPS) is 30.7. The lowest BCUT2D eigenvalue weighted by Gasteiger charge is -2.43. The van der Waals surface area contributed by atoms with Crippen LogP contribution >= 0.6 is 0 Å². The highest BCUT2D eigenvalue weighted by Crippen LogP contribution is 2.44. The van der Waals surface area contributed by atoms with Gasteiger partial charge in [0.15, 0.2) is 0 Å². The van der Waals surface area contributed by atoms with Gasteiger partial charge in [0.05, 0.1) is 0 Å². The lowest BCUT2D eigenvalue weighted by atomic mass is 9.84. The van der Waals surface area contributed by atoms with Crippen molar-refractivity contribution in [3.8, 4) is 0 Å². The number of alkyl carbamates (subject to hydrolysis) is 1. The van der Waals surface area contributed by atoms with E-state index in [0.29, 0.717) is 18.5 Å². The van der Waals surface area contributed by atoms with E-state index in [4.69, 9.17) is 4.74 Å². The number of benzene rings is 1. The van der Waals surface area contributed by atoms with Crippen LogP contribution in [-0.4, -0.2) is 42.8 Å². The number of aryl methyl sites for hydroxylation is 1. The molecular formula is C22H32N2O2. The van der Waals surface area contributed by atoms with Gasteiger partial charge < -0.3 is 10.1 Å². The van der Waals surface area contributed by atoms with Crippen LogP contribution in [0.5, 0.6) is 0 Å². The minimum Gasteiger partial charge on any atom is -0.446 e. The summed E-state index contributed by atoms with van der Waals surface area (Å²) in [4.78, 5) is 15.0. The van der Waals surface area contributed by atoms with Gasteiger partial charge in [-0.15, -0.1) is 0 Å². The molecule has 26 heavy (non-hydrogen) atoms. The quantitative estimate of drug-likeness (QED) is 0.873. The first-order chi connectivity index (χ1) is 12.7. The Morgan fingerprint density at radius 1 is 1.19 bits per heavy atom. The number of ether oxygens (including phenoxy) is 1. The number of hydrogen-bond donors (Lipinski definition) is 1. The molecule has 0 spiro atoms. The van der Waals surface area contributed by atoms with Gasteiger partial charge in [-0.25, -0.2) is 4.79 Å². The number of amides is 1. The van der Waals surface area contributed by atoms with Crippen molar-refractivity contribution in [2.24, 2.45) is 11.8 Å². The fourth-order valence-electron chi connectivity index (χ4n) is 5.32. The Balaban J connectivity index is 1.24. The lowest BCUT2D eigenvalue weighted by molar-refractivity contribution is 0.0147. The topological polar surface area (TPSA) is 41.6 Å². The fraction of sp³-hybridized carbons (Fsp3) is 0.682. The lowest BCUT2D eigenvalue weighted by Crippen LogP contribution is -2.50. The summed E-state index contributed by atoms with van der Waals surface area (Å²) in [5.41, 5.74) is 2.61. The fourth-order valence-corrected chi connectivity index (χ4v) is 5.32. The van der Waals surface area contributed by atoms with Gasteiger partial charge in [-0.3, -0.25) is 4.90 Å². The van der Waals surface area contributed by atoms with Crippen LogP contribution in [0.2, 0.25) is 0 Å². The summed E-state index contributed by atoms with van der Waals surface area (Å²) >= 11 is 0. The van der Waals surface area contributed by atoms with Crippen molar-refractivity contribution in [3.63, 3.8) is 0 Å². The zero-order chi connectivity index (χ0) is 17.9. The maximum absolute atomic E-state index is 12.3. The average Bonchev–Trinajstić information content (AvgIpc) is 2.98. The summed E-state index contributed by atoms with van der Waals surface area (Å²) in [6.45, 7) is 5.27. The Morgan fingerprint density at radius 3 is 2.81 bits per heavy atom. The van der Waals surface area contributed by atoms with Gasteiger partial charge in [0.1, 0.15) is 6.10 Å². The van der Waals surface area contributed by atoms with Crippen LogP contribution in [0.25, 0.3) is 0 Å². The monoisotopic (exact) mass is 356 g/mol. The molecule has 142 valence electrons. The number of fused-ring (bicyclic) bond motifs is 4. The van der Waals surface area contributed by atoms with Crippen molar-refractivity contribution < 1.29 is 9.53 Å². The molecule has 0 aromatic heterocycles. The van der Waals surface area contributed by atoms with Crippen LogP contribution in [0, 0.1) is 11.8 Å². The second kappa shape index (κ2) is 7.99. The number of carbonyl (C=O) groups excluding carboxylic acids is 1. The molecule has 2 bridgehead atoms. The van der Waals surface area contributed by atoms with E-state index in [-0.39, 0.29) is 12.2 Å². The summed E-state index contributed by atoms with van der Waals surface area (Å²) in [5.74, 6) is 1.28. The minimum atomic E-state index is -0.227. The third-order valence-corrected chi connectivity index (χ3v) is 6.67. The molecule has 2 saturated heterocycles. The van der Waals surface area contributed by atoms with E-state index < -0.39 is 0 Å². The first-order valence-corrected chi connectivity index (χ1v) is 10.5. The van der Waals surface area contributed by atoms with Crippen molar-refractivity contribution in [1.82, 2.24) is 10.2 Å². The van der Waals surface area contributed by atoms with Crippen LogP contribution in [0.1, 0.15) is 50.2 Å². The molecule has 2 aliphatic heterocycles. The standard InChI is InChI=1S/C22H32N2O2/c1-2-16-6-8-17(9-7-16)10-11-23-22(25)26-21-14-18-13-19(21)20-5-3-4-12-24(20)15-18/h6-9,18-21H,2-5,10-15H2,1H3,(H,23,25)/t18-,19-,20-,21-/m1/s1. The van der Waals surface area contributed by atoms with Crippen LogP contribution in [-0.2, 0) is 17.6 Å². The highest BCUT2D eigenvalue weighted by atomic mass is 16.6. The Kier molecular flexibility index (Phi) is 5.49. The second-order valence-corrected chi connectivity index (χ2v) is 8.35. The highest BCUT2D eigenvalue weighted by Gasteiger charge is 2.48. The molecule has 0 unspecified atom stereocenters. The van der Waals surface area contributed by atoms with Gasteiger partial charge in [-0.1, -0.05) is 37.6 Å². The maximum atomic E-state index is 12.3. The Hall–Kier alpha value is -1.55. The molecule has 3 fully saturated rings. The highest BCUT2D eigenvalue weighted by molar-refractivity contribution is 5.67. The summed E-state index contributed by atoms with van der Waals surface area (Å²) in [6.07, 6.45) is 8.07. The van der Waals surface area contributed by atoms with E-state index in [2.05, 4.69) is 41.4 Å². The molecule has 1 aliphatic carbocycles. The van der Waals surface area contributed by atoms with Crippen LogP contribution in [0.15, 0.2) is 24.3 Å². The minimum absolute atomic E-state index is 0.122. The van der Waals surface area contributed by atoms with Gasteiger partial charge >= 0.3 is 6.09 Å². The van der Waals surface area contributed by atoms with E-state index in [1.54, 1.807) is 0 Å². The molecule has 1 amide bonds. The third-order valence-electron chi connectivity index (χ3n) is 6.67. The molecule has 1 N–H and O–H groups in total. The molecule has 2 heterocycles. The predicted octanol–water partition coefficient (Wildman–Crippen LogP) is 3.78. The largest absolute Gasteiger partial charge is 0.446 e. The van der Waals surface area contributed by atoms with E-state index in [9.17, 15) is 4.79 Å². The van der Waals surface area contributed by atoms with Gasteiger partial charge in [0.2, 0.25) is 0 Å². The zero-order valence-corrected chi connectivity index (χ0v) is 16.0.